The predicted octanol–water partition coefficient (Wildman–Crippen LogP) is 1.46. The summed E-state index contributed by atoms with van der Waals surface area (Å²) in [5, 5.41) is 8.24. The number of thiazole rings is 1. The summed E-state index contributed by atoms with van der Waals surface area (Å²) in [5.74, 6) is 0.193. The molecular formula is C16H13N7OS. The minimum Gasteiger partial charge on any atom is -0.318 e. The minimum absolute atomic E-state index is 0.318. The third kappa shape index (κ3) is 2.92. The molecule has 0 spiro atoms. The molecule has 0 atom stereocenters. The third-order valence-electron chi connectivity index (χ3n) is 3.63. The van der Waals surface area contributed by atoms with Crippen LogP contribution < -0.4 is 10.2 Å². The predicted molar refractivity (Wildman–Crippen MR) is 93.0 cm³/mol. The monoisotopic (exact) mass is 351 g/mol. The van der Waals surface area contributed by atoms with Gasteiger partial charge in [-0.15, -0.1) is 5.10 Å². The third-order valence-corrected chi connectivity index (χ3v) is 4.74. The van der Waals surface area contributed by atoms with Gasteiger partial charge in [-0.05, 0) is 24.3 Å². The van der Waals surface area contributed by atoms with Crippen LogP contribution in [0.2, 0.25) is 0 Å². The Morgan fingerprint density at radius 1 is 1.28 bits per heavy atom. The summed E-state index contributed by atoms with van der Waals surface area (Å²) in [6.45, 7) is 0. The molecule has 0 saturated heterocycles. The van der Waals surface area contributed by atoms with E-state index >= 15 is 0 Å². The molecule has 124 valence electrons. The highest BCUT2D eigenvalue weighted by atomic mass is 32.1. The number of para-hydroxylation sites is 1. The smallest absolute Gasteiger partial charge is 0.271 e. The van der Waals surface area contributed by atoms with Crippen molar-refractivity contribution in [2.75, 3.05) is 0 Å². The van der Waals surface area contributed by atoms with E-state index in [0.717, 1.165) is 10.2 Å². The Labute approximate surface area is 146 Å². The van der Waals surface area contributed by atoms with Crippen molar-refractivity contribution in [3.05, 3.63) is 65.6 Å². The van der Waals surface area contributed by atoms with Crippen molar-refractivity contribution in [1.82, 2.24) is 29.7 Å². The molecule has 9 heteroatoms. The number of benzene rings is 1. The number of carbonyl (C=O) groups is 1. The van der Waals surface area contributed by atoms with E-state index in [4.69, 9.17) is 0 Å². The van der Waals surface area contributed by atoms with Gasteiger partial charge < -0.3 is 4.57 Å². The Kier molecular flexibility index (Phi) is 3.82. The fraction of sp³-hybridized carbons (Fsp3) is 0.0625. The van der Waals surface area contributed by atoms with E-state index in [1.807, 2.05) is 35.9 Å². The van der Waals surface area contributed by atoms with Gasteiger partial charge in [-0.3, -0.25) is 4.79 Å². The Hall–Kier alpha value is -3.33. The highest BCUT2D eigenvalue weighted by Crippen LogP contribution is 2.15. The molecule has 0 aliphatic heterocycles. The number of pyridine rings is 1. The Balaban J connectivity index is 1.62. The lowest BCUT2D eigenvalue weighted by Gasteiger charge is -2.02. The Bertz CT molecular complexity index is 1110. The fourth-order valence-corrected chi connectivity index (χ4v) is 3.34. The van der Waals surface area contributed by atoms with Gasteiger partial charge in [0.05, 0.1) is 10.2 Å². The fourth-order valence-electron chi connectivity index (χ4n) is 2.36. The van der Waals surface area contributed by atoms with E-state index in [9.17, 15) is 4.79 Å². The largest absolute Gasteiger partial charge is 0.318 e. The number of aromatic nitrogens is 5. The summed E-state index contributed by atoms with van der Waals surface area (Å²) >= 11 is 1.51. The zero-order chi connectivity index (χ0) is 17.2. The van der Waals surface area contributed by atoms with Crippen molar-refractivity contribution in [2.45, 2.75) is 0 Å². The minimum atomic E-state index is -0.318. The van der Waals surface area contributed by atoms with Crippen molar-refractivity contribution in [3.63, 3.8) is 0 Å². The Morgan fingerprint density at radius 3 is 2.96 bits per heavy atom. The molecule has 0 aliphatic rings. The molecule has 0 aliphatic carbocycles. The molecule has 0 bridgehead atoms. The number of hydrogen-bond acceptors (Lipinski definition) is 6. The van der Waals surface area contributed by atoms with E-state index in [0.29, 0.717) is 16.2 Å². The maximum Gasteiger partial charge on any atom is 0.271 e. The second-order valence-corrected chi connectivity index (χ2v) is 6.22. The maximum absolute atomic E-state index is 12.4. The second-order valence-electron chi connectivity index (χ2n) is 5.21. The summed E-state index contributed by atoms with van der Waals surface area (Å²) in [4.78, 5) is 21.1. The Morgan fingerprint density at radius 2 is 2.16 bits per heavy atom. The van der Waals surface area contributed by atoms with E-state index < -0.39 is 0 Å². The van der Waals surface area contributed by atoms with Crippen LogP contribution in [0.15, 0.2) is 60.4 Å². The van der Waals surface area contributed by atoms with Crippen LogP contribution in [0.25, 0.3) is 16.0 Å². The first kappa shape index (κ1) is 15.2. The average molecular weight is 351 g/mol. The van der Waals surface area contributed by atoms with Crippen molar-refractivity contribution in [1.29, 1.82) is 0 Å². The van der Waals surface area contributed by atoms with E-state index in [1.165, 1.54) is 28.7 Å². The zero-order valence-corrected chi connectivity index (χ0v) is 14.0. The van der Waals surface area contributed by atoms with Crippen molar-refractivity contribution < 1.29 is 4.79 Å². The number of rotatable bonds is 3. The second kappa shape index (κ2) is 6.29. The maximum atomic E-state index is 12.4. The first-order chi connectivity index (χ1) is 12.2. The highest BCUT2D eigenvalue weighted by Gasteiger charge is 2.08. The normalized spacial score (nSPS) is 11.8. The average Bonchev–Trinajstić information content (AvgIpc) is 3.29. The summed E-state index contributed by atoms with van der Waals surface area (Å²) in [6.07, 6.45) is 4.47. The lowest BCUT2D eigenvalue weighted by atomic mass is 10.2. The molecule has 1 amide bonds. The van der Waals surface area contributed by atoms with Crippen LogP contribution in [0.5, 0.6) is 0 Å². The number of hydrogen-bond donors (Lipinski definition) is 1. The molecule has 8 nitrogen and oxygen atoms in total. The van der Waals surface area contributed by atoms with Crippen molar-refractivity contribution in [3.8, 4) is 5.82 Å². The molecule has 0 saturated carbocycles. The molecule has 25 heavy (non-hydrogen) atoms. The summed E-state index contributed by atoms with van der Waals surface area (Å²) < 4.78 is 4.53. The summed E-state index contributed by atoms with van der Waals surface area (Å²) in [5.41, 5.74) is 4.10. The molecule has 3 heterocycles. The standard InChI is InChI=1S/C16H13N7OS/c1-22-12-4-2-3-5-13(12)25-16(22)21-20-15(24)11-6-7-18-14(8-11)23-10-17-9-19-23/h2-10H,1H3,(H,20,24)/b21-16+. The van der Waals surface area contributed by atoms with Gasteiger partial charge in [-0.1, -0.05) is 23.5 Å². The summed E-state index contributed by atoms with van der Waals surface area (Å²) in [6, 6.07) is 11.2. The number of aryl methyl sites for hydroxylation is 1. The topological polar surface area (TPSA) is 90.0 Å². The first-order valence-corrected chi connectivity index (χ1v) is 8.24. The van der Waals surface area contributed by atoms with Crippen LogP contribution in [-0.2, 0) is 7.05 Å². The van der Waals surface area contributed by atoms with Gasteiger partial charge >= 0.3 is 0 Å². The van der Waals surface area contributed by atoms with Gasteiger partial charge in [-0.2, -0.15) is 5.10 Å². The molecule has 4 rings (SSSR count). The van der Waals surface area contributed by atoms with E-state index in [2.05, 4.69) is 25.6 Å². The van der Waals surface area contributed by atoms with Gasteiger partial charge in [0.25, 0.3) is 5.91 Å². The van der Waals surface area contributed by atoms with Crippen LogP contribution in [0.4, 0.5) is 0 Å². The molecular weight excluding hydrogens is 338 g/mol. The molecule has 0 fully saturated rings. The van der Waals surface area contributed by atoms with Crippen molar-refractivity contribution in [2.24, 2.45) is 12.1 Å². The van der Waals surface area contributed by atoms with Crippen LogP contribution in [0, 0.1) is 0 Å². The molecule has 4 aromatic rings. The highest BCUT2D eigenvalue weighted by molar-refractivity contribution is 7.16. The zero-order valence-electron chi connectivity index (χ0n) is 13.2. The number of amides is 1. The molecule has 3 aromatic heterocycles. The number of carbonyl (C=O) groups excluding carboxylic acids is 1. The quantitative estimate of drug-likeness (QED) is 0.566. The molecule has 1 aromatic carbocycles. The summed E-state index contributed by atoms with van der Waals surface area (Å²) in [7, 11) is 1.92. The molecule has 0 unspecified atom stereocenters. The van der Waals surface area contributed by atoms with E-state index in [-0.39, 0.29) is 5.91 Å². The van der Waals surface area contributed by atoms with Gasteiger partial charge in [0.1, 0.15) is 12.7 Å². The van der Waals surface area contributed by atoms with Crippen LogP contribution in [0.3, 0.4) is 0 Å². The number of nitrogens with one attached hydrogen (secondary N) is 1. The van der Waals surface area contributed by atoms with Crippen LogP contribution >= 0.6 is 11.3 Å². The van der Waals surface area contributed by atoms with E-state index in [1.54, 1.807) is 18.3 Å². The van der Waals surface area contributed by atoms with Crippen LogP contribution in [-0.4, -0.2) is 30.2 Å². The lowest BCUT2D eigenvalue weighted by Crippen LogP contribution is -2.23. The van der Waals surface area contributed by atoms with Gasteiger partial charge in [0, 0.05) is 18.8 Å². The molecule has 0 radical (unpaired) electrons. The van der Waals surface area contributed by atoms with Crippen LogP contribution in [0.1, 0.15) is 10.4 Å². The number of nitrogens with zero attached hydrogens (tertiary/aromatic N) is 6. The SMILES string of the molecule is Cn1/c(=N\NC(=O)c2ccnc(-n3cncn3)c2)sc2ccccc21. The van der Waals surface area contributed by atoms with Gasteiger partial charge in [0.2, 0.25) is 4.80 Å². The van der Waals surface area contributed by atoms with Gasteiger partial charge in [0.15, 0.2) is 5.82 Å². The van der Waals surface area contributed by atoms with Gasteiger partial charge in [-0.25, -0.2) is 20.1 Å². The first-order valence-electron chi connectivity index (χ1n) is 7.42. The number of fused-ring (bicyclic) bond motifs is 1. The molecule has 1 N–H and O–H groups in total. The lowest BCUT2D eigenvalue weighted by molar-refractivity contribution is 0.0953. The van der Waals surface area contributed by atoms with Crippen molar-refractivity contribution >= 4 is 27.5 Å².